The van der Waals surface area contributed by atoms with Crippen molar-refractivity contribution in [3.05, 3.63) is 0 Å². The van der Waals surface area contributed by atoms with Gasteiger partial charge in [0.2, 0.25) is 0 Å². The van der Waals surface area contributed by atoms with Crippen LogP contribution in [0.25, 0.3) is 0 Å². The molecule has 2 unspecified atom stereocenters. The standard InChI is InChI=1S/C70H136O17P2/c1-8-9-10-11-12-13-14-15-16-19-22-30-37-44-51-67(72)80-57-65(86-69(74)53-46-39-31-23-20-17-18-21-27-34-41-48-61(2)3)59-84-88(76,77)82-55-64(71)56-83-89(78,79)85-60-66(58-81-68(73)52-45-38-33-26-29-36-43-50-63(6)7)87-70(75)54-47-40-32-25-24-28-35-42-49-62(4)5/h61-66,71H,8-60H2,1-7H3,(H,76,77)(H,78,79)/t64-,65-,66-/m1/s1. The molecule has 0 radical (unpaired) electrons. The Balaban J connectivity index is 5.25. The normalized spacial score (nSPS) is 14.2. The number of hydrogen-bond donors (Lipinski definition) is 3. The molecule has 0 aliphatic rings. The van der Waals surface area contributed by atoms with E-state index in [4.69, 9.17) is 37.0 Å². The second-order valence-electron chi connectivity index (χ2n) is 26.7. The zero-order valence-electron chi connectivity index (χ0n) is 57.9. The zero-order chi connectivity index (χ0) is 65.9. The smallest absolute Gasteiger partial charge is 0.462 e. The highest BCUT2D eigenvalue weighted by Crippen LogP contribution is 2.45. The van der Waals surface area contributed by atoms with E-state index in [1.54, 1.807) is 0 Å². The minimum absolute atomic E-state index is 0.103. The van der Waals surface area contributed by atoms with E-state index in [2.05, 4.69) is 48.5 Å². The van der Waals surface area contributed by atoms with Crippen molar-refractivity contribution in [3.63, 3.8) is 0 Å². The van der Waals surface area contributed by atoms with Crippen LogP contribution in [0.3, 0.4) is 0 Å². The highest BCUT2D eigenvalue weighted by Gasteiger charge is 2.30. The lowest BCUT2D eigenvalue weighted by molar-refractivity contribution is -0.161. The Kier molecular flexibility index (Phi) is 59.6. The molecule has 19 heteroatoms. The summed E-state index contributed by atoms with van der Waals surface area (Å²) in [5, 5.41) is 10.6. The zero-order valence-corrected chi connectivity index (χ0v) is 59.7. The average Bonchev–Trinajstić information content (AvgIpc) is 3.67. The maximum Gasteiger partial charge on any atom is 0.472 e. The van der Waals surface area contributed by atoms with E-state index in [0.29, 0.717) is 31.6 Å². The predicted octanol–water partition coefficient (Wildman–Crippen LogP) is 19.8. The number of phosphoric acid groups is 2. The summed E-state index contributed by atoms with van der Waals surface area (Å²) < 4.78 is 68.3. The van der Waals surface area contributed by atoms with Gasteiger partial charge in [0.25, 0.3) is 0 Å². The van der Waals surface area contributed by atoms with Crippen LogP contribution in [0.2, 0.25) is 0 Å². The fraction of sp³-hybridized carbons (Fsp3) is 0.943. The summed E-state index contributed by atoms with van der Waals surface area (Å²) in [4.78, 5) is 72.5. The van der Waals surface area contributed by atoms with Crippen molar-refractivity contribution in [2.45, 2.75) is 369 Å². The minimum atomic E-state index is -4.95. The van der Waals surface area contributed by atoms with E-state index < -0.39 is 97.5 Å². The number of aliphatic hydroxyl groups is 1. The molecule has 0 aliphatic heterocycles. The highest BCUT2D eigenvalue weighted by molar-refractivity contribution is 7.47. The molecule has 0 saturated heterocycles. The molecule has 0 bridgehead atoms. The molecule has 89 heavy (non-hydrogen) atoms. The number of ether oxygens (including phenoxy) is 4. The Morgan fingerprint density at radius 3 is 0.764 bits per heavy atom. The Morgan fingerprint density at radius 2 is 0.517 bits per heavy atom. The van der Waals surface area contributed by atoms with Crippen LogP contribution in [0.1, 0.15) is 350 Å². The quantitative estimate of drug-likeness (QED) is 0.0222. The lowest BCUT2D eigenvalue weighted by Gasteiger charge is -2.21. The van der Waals surface area contributed by atoms with Crippen LogP contribution in [0, 0.1) is 17.8 Å². The topological polar surface area (TPSA) is 237 Å². The first kappa shape index (κ1) is 87.1. The van der Waals surface area contributed by atoms with Crippen molar-refractivity contribution in [2.75, 3.05) is 39.6 Å². The van der Waals surface area contributed by atoms with Crippen LogP contribution >= 0.6 is 15.6 Å². The minimum Gasteiger partial charge on any atom is -0.462 e. The maximum absolute atomic E-state index is 13.0. The number of carbonyl (C=O) groups excluding carboxylic acids is 4. The van der Waals surface area contributed by atoms with Crippen LogP contribution in [-0.4, -0.2) is 96.7 Å². The van der Waals surface area contributed by atoms with Gasteiger partial charge < -0.3 is 33.8 Å². The molecule has 0 rings (SSSR count). The highest BCUT2D eigenvalue weighted by atomic mass is 31.2. The van der Waals surface area contributed by atoms with Gasteiger partial charge in [-0.2, -0.15) is 0 Å². The fourth-order valence-corrected chi connectivity index (χ4v) is 12.1. The molecule has 3 N–H and O–H groups in total. The van der Waals surface area contributed by atoms with Crippen LogP contribution in [0.4, 0.5) is 0 Å². The van der Waals surface area contributed by atoms with E-state index in [9.17, 15) is 43.2 Å². The molecule has 0 spiro atoms. The summed E-state index contributed by atoms with van der Waals surface area (Å²) in [6, 6.07) is 0. The van der Waals surface area contributed by atoms with E-state index in [-0.39, 0.29) is 25.7 Å². The summed E-state index contributed by atoms with van der Waals surface area (Å²) in [5.74, 6) is 0.0609. The maximum atomic E-state index is 13.0. The van der Waals surface area contributed by atoms with Crippen LogP contribution in [0.15, 0.2) is 0 Å². The van der Waals surface area contributed by atoms with Gasteiger partial charge in [-0.05, 0) is 43.4 Å². The molecule has 528 valence electrons. The van der Waals surface area contributed by atoms with Gasteiger partial charge in [-0.3, -0.25) is 37.3 Å². The number of rotatable bonds is 68. The van der Waals surface area contributed by atoms with Gasteiger partial charge in [0.05, 0.1) is 26.4 Å². The third kappa shape index (κ3) is 64.6. The molecule has 17 nitrogen and oxygen atoms in total. The predicted molar refractivity (Wildman–Crippen MR) is 358 cm³/mol. The third-order valence-electron chi connectivity index (χ3n) is 16.1. The van der Waals surface area contributed by atoms with Gasteiger partial charge in [-0.25, -0.2) is 9.13 Å². The largest absolute Gasteiger partial charge is 0.472 e. The summed E-state index contributed by atoms with van der Waals surface area (Å²) in [6.45, 7) is 11.8. The molecule has 0 aromatic heterocycles. The molecular weight excluding hydrogens is 1170 g/mol. The summed E-state index contributed by atoms with van der Waals surface area (Å²) in [7, 11) is -9.90. The summed E-state index contributed by atoms with van der Waals surface area (Å²) in [5.41, 5.74) is 0. The number of unbranched alkanes of at least 4 members (excludes halogenated alkanes) is 36. The average molecular weight is 1310 g/mol. The van der Waals surface area contributed by atoms with Crippen molar-refractivity contribution in [1.29, 1.82) is 0 Å². The Bertz CT molecular complexity index is 1750. The van der Waals surface area contributed by atoms with Gasteiger partial charge >= 0.3 is 39.5 Å². The third-order valence-corrected chi connectivity index (χ3v) is 18.0. The number of aliphatic hydroxyl groups excluding tert-OH is 1. The van der Waals surface area contributed by atoms with Gasteiger partial charge in [0.15, 0.2) is 12.2 Å². The second kappa shape index (κ2) is 61.0. The summed E-state index contributed by atoms with van der Waals surface area (Å²) >= 11 is 0. The first-order chi connectivity index (χ1) is 42.7. The molecular formula is C70H136O17P2. The monoisotopic (exact) mass is 1310 g/mol. The molecule has 0 saturated carbocycles. The Hall–Kier alpha value is -1.94. The van der Waals surface area contributed by atoms with Crippen molar-refractivity contribution in [1.82, 2.24) is 0 Å². The van der Waals surface area contributed by atoms with E-state index in [0.717, 1.165) is 108 Å². The SMILES string of the molecule is CCCCCCCCCCCCCCCCC(=O)OC[C@H](COP(=O)(O)OC[C@@H](O)COP(=O)(O)OC[C@@H](COC(=O)CCCCCCCCCC(C)C)OC(=O)CCCCCCCCCCC(C)C)OC(=O)CCCCCCCCCCCCCC(C)C. The first-order valence-corrected chi connectivity index (χ1v) is 39.3. The lowest BCUT2D eigenvalue weighted by atomic mass is 10.0. The van der Waals surface area contributed by atoms with Gasteiger partial charge in [0.1, 0.15) is 19.3 Å². The number of esters is 4. The molecule has 0 amide bonds. The van der Waals surface area contributed by atoms with E-state index >= 15 is 0 Å². The number of phosphoric ester groups is 2. The number of carbonyl (C=O) groups is 4. The Labute approximate surface area is 543 Å². The molecule has 0 heterocycles. The van der Waals surface area contributed by atoms with Crippen molar-refractivity contribution >= 4 is 39.5 Å². The van der Waals surface area contributed by atoms with Gasteiger partial charge in [-0.1, -0.05) is 299 Å². The second-order valence-corrected chi connectivity index (χ2v) is 29.6. The molecule has 0 aromatic rings. The molecule has 0 fully saturated rings. The van der Waals surface area contributed by atoms with Crippen molar-refractivity contribution in [2.24, 2.45) is 17.8 Å². The van der Waals surface area contributed by atoms with Crippen LogP contribution in [0.5, 0.6) is 0 Å². The van der Waals surface area contributed by atoms with Crippen molar-refractivity contribution in [3.8, 4) is 0 Å². The van der Waals surface area contributed by atoms with E-state index in [1.165, 1.54) is 154 Å². The molecule has 5 atom stereocenters. The molecule has 0 aromatic carbocycles. The fourth-order valence-electron chi connectivity index (χ4n) is 10.5. The lowest BCUT2D eigenvalue weighted by Crippen LogP contribution is -2.30. The van der Waals surface area contributed by atoms with Crippen molar-refractivity contribution < 1.29 is 80.2 Å². The van der Waals surface area contributed by atoms with Gasteiger partial charge in [0, 0.05) is 25.7 Å². The van der Waals surface area contributed by atoms with Crippen LogP contribution in [-0.2, 0) is 65.4 Å². The first-order valence-electron chi connectivity index (χ1n) is 36.3. The number of hydrogen-bond acceptors (Lipinski definition) is 15. The molecule has 0 aliphatic carbocycles. The van der Waals surface area contributed by atoms with Gasteiger partial charge in [-0.15, -0.1) is 0 Å². The van der Waals surface area contributed by atoms with Crippen LogP contribution < -0.4 is 0 Å². The Morgan fingerprint density at radius 1 is 0.303 bits per heavy atom. The summed E-state index contributed by atoms with van der Waals surface area (Å²) in [6.07, 6.45) is 44.5. The van der Waals surface area contributed by atoms with E-state index in [1.807, 2.05) is 0 Å².